The number of H-pyrrole nitrogens is 1. The van der Waals surface area contributed by atoms with Crippen LogP contribution in [-0.2, 0) is 11.3 Å². The van der Waals surface area contributed by atoms with Gasteiger partial charge in [-0.1, -0.05) is 0 Å². The van der Waals surface area contributed by atoms with Crippen LogP contribution in [0.1, 0.15) is 22.6 Å². The number of carbonyl (C=O) groups excluding carboxylic acids is 1. The number of anilines is 1. The van der Waals surface area contributed by atoms with Gasteiger partial charge in [0.25, 0.3) is 11.5 Å². The van der Waals surface area contributed by atoms with Crippen molar-refractivity contribution in [3.63, 3.8) is 0 Å². The predicted molar refractivity (Wildman–Crippen MR) is 122 cm³/mol. The van der Waals surface area contributed by atoms with Gasteiger partial charge in [-0.2, -0.15) is 4.68 Å². The van der Waals surface area contributed by atoms with Gasteiger partial charge in [0.2, 0.25) is 0 Å². The molecule has 0 unspecified atom stereocenters. The lowest BCUT2D eigenvalue weighted by atomic mass is 10.1. The van der Waals surface area contributed by atoms with E-state index < -0.39 is 11.7 Å². The van der Waals surface area contributed by atoms with E-state index in [4.69, 9.17) is 17.0 Å². The van der Waals surface area contributed by atoms with E-state index in [9.17, 15) is 14.0 Å². The third-order valence-electron chi connectivity index (χ3n) is 5.04. The summed E-state index contributed by atoms with van der Waals surface area (Å²) in [6.07, 6.45) is 0.634. The average molecular weight is 470 g/mol. The molecule has 1 amide bonds. The van der Waals surface area contributed by atoms with E-state index in [1.165, 1.54) is 39.6 Å². The van der Waals surface area contributed by atoms with Crippen molar-refractivity contribution in [1.29, 1.82) is 0 Å². The second-order valence-electron chi connectivity index (χ2n) is 7.25. The molecular formula is C21H20FN7O3S. The fourth-order valence-corrected chi connectivity index (χ4v) is 3.66. The van der Waals surface area contributed by atoms with E-state index in [2.05, 4.69) is 25.8 Å². The lowest BCUT2D eigenvalue weighted by Gasteiger charge is -2.11. The van der Waals surface area contributed by atoms with Gasteiger partial charge in [-0.3, -0.25) is 14.2 Å². The molecule has 33 heavy (non-hydrogen) atoms. The largest absolute Gasteiger partial charge is 0.385 e. The second kappa shape index (κ2) is 9.38. The number of benzene rings is 2. The third-order valence-corrected chi connectivity index (χ3v) is 5.36. The maximum absolute atomic E-state index is 14.4. The van der Waals surface area contributed by atoms with Crippen LogP contribution < -0.4 is 10.9 Å². The van der Waals surface area contributed by atoms with Crippen molar-refractivity contribution in [2.45, 2.75) is 19.9 Å². The fraction of sp³-hybridized carbons (Fsp3) is 0.238. The Labute approximate surface area is 192 Å². The molecule has 10 nitrogen and oxygen atoms in total. The van der Waals surface area contributed by atoms with Crippen molar-refractivity contribution in [3.8, 4) is 5.69 Å². The van der Waals surface area contributed by atoms with Crippen LogP contribution in [0.5, 0.6) is 0 Å². The topological polar surface area (TPSA) is 120 Å². The predicted octanol–water partition coefficient (Wildman–Crippen LogP) is 2.77. The molecule has 4 rings (SSSR count). The average Bonchev–Trinajstić information content (AvgIpc) is 3.23. The van der Waals surface area contributed by atoms with Crippen molar-refractivity contribution in [2.75, 3.05) is 19.0 Å². The van der Waals surface area contributed by atoms with Crippen LogP contribution in [0.15, 0.2) is 41.2 Å². The Balaban J connectivity index is 1.63. The van der Waals surface area contributed by atoms with Crippen LogP contribution in [0.4, 0.5) is 10.1 Å². The van der Waals surface area contributed by atoms with Crippen molar-refractivity contribution in [2.24, 2.45) is 0 Å². The lowest BCUT2D eigenvalue weighted by molar-refractivity contribution is 0.102. The molecule has 0 saturated carbocycles. The minimum absolute atomic E-state index is 0.0333. The first kappa shape index (κ1) is 22.4. The summed E-state index contributed by atoms with van der Waals surface area (Å²) in [5.41, 5.74) is 0.847. The fourth-order valence-electron chi connectivity index (χ4n) is 3.37. The number of aromatic amines is 1. The molecule has 170 valence electrons. The molecule has 0 saturated heterocycles. The van der Waals surface area contributed by atoms with Crippen molar-refractivity contribution in [1.82, 2.24) is 29.8 Å². The smallest absolute Gasteiger partial charge is 0.262 e. The first-order chi connectivity index (χ1) is 15.9. The zero-order valence-electron chi connectivity index (χ0n) is 17.8. The zero-order chi connectivity index (χ0) is 23.5. The van der Waals surface area contributed by atoms with Crippen LogP contribution >= 0.6 is 12.2 Å². The monoisotopic (exact) mass is 469 g/mol. The van der Waals surface area contributed by atoms with Crippen molar-refractivity contribution >= 4 is 34.7 Å². The number of halogens is 1. The summed E-state index contributed by atoms with van der Waals surface area (Å²) in [5.74, 6) is -0.654. The summed E-state index contributed by atoms with van der Waals surface area (Å²) in [6.45, 7) is 2.62. The molecule has 0 bridgehead atoms. The van der Waals surface area contributed by atoms with Crippen molar-refractivity contribution < 1.29 is 13.9 Å². The highest BCUT2D eigenvalue weighted by molar-refractivity contribution is 7.71. The number of hydrogen-bond acceptors (Lipinski definition) is 7. The quantitative estimate of drug-likeness (QED) is 0.315. The van der Waals surface area contributed by atoms with Gasteiger partial charge in [-0.15, -0.1) is 5.10 Å². The number of nitrogens with one attached hydrogen (secondary N) is 2. The van der Waals surface area contributed by atoms with Crippen LogP contribution in [-0.4, -0.2) is 49.4 Å². The Morgan fingerprint density at radius 3 is 2.82 bits per heavy atom. The highest BCUT2D eigenvalue weighted by Gasteiger charge is 2.14. The minimum Gasteiger partial charge on any atom is -0.385 e. The Morgan fingerprint density at radius 1 is 1.27 bits per heavy atom. The Morgan fingerprint density at radius 2 is 2.09 bits per heavy atom. The molecule has 0 spiro atoms. The van der Waals surface area contributed by atoms with Crippen LogP contribution in [0.25, 0.3) is 16.6 Å². The first-order valence-electron chi connectivity index (χ1n) is 10.0. The van der Waals surface area contributed by atoms with Gasteiger partial charge in [0.15, 0.2) is 10.6 Å². The molecule has 0 aliphatic carbocycles. The van der Waals surface area contributed by atoms with Crippen LogP contribution in [0.3, 0.4) is 0 Å². The van der Waals surface area contributed by atoms with E-state index in [-0.39, 0.29) is 21.6 Å². The lowest BCUT2D eigenvalue weighted by Crippen LogP contribution is -2.23. The number of hydrogen-bond donors (Lipinski definition) is 2. The number of rotatable bonds is 7. The molecule has 2 aromatic carbocycles. The first-order valence-corrected chi connectivity index (χ1v) is 10.4. The van der Waals surface area contributed by atoms with Crippen LogP contribution in [0, 0.1) is 17.5 Å². The SMILES string of the molecule is COCCCn1c(=S)[nH]c2cc(C(=O)Nc3cc(-n4nnnc4C)ccc3F)ccc2c1=O. The molecule has 0 aliphatic heterocycles. The maximum atomic E-state index is 14.4. The Bertz CT molecular complexity index is 1460. The number of methoxy groups -OCH3 is 1. The number of ether oxygens (including phenoxy) is 1. The summed E-state index contributed by atoms with van der Waals surface area (Å²) in [7, 11) is 1.59. The Kier molecular flexibility index (Phi) is 6.38. The minimum atomic E-state index is -0.614. The van der Waals surface area contributed by atoms with E-state index in [0.29, 0.717) is 42.0 Å². The van der Waals surface area contributed by atoms with Gasteiger partial charge in [-0.05, 0) is 72.4 Å². The van der Waals surface area contributed by atoms with Gasteiger partial charge in [-0.25, -0.2) is 4.39 Å². The summed E-state index contributed by atoms with van der Waals surface area (Å²) in [5, 5.41) is 14.2. The molecule has 0 fully saturated rings. The molecule has 0 aliphatic rings. The maximum Gasteiger partial charge on any atom is 0.262 e. The number of tetrazole rings is 1. The molecule has 0 atom stereocenters. The van der Waals surface area contributed by atoms with E-state index in [0.717, 1.165) is 0 Å². The van der Waals surface area contributed by atoms with Gasteiger partial charge in [0.1, 0.15) is 5.82 Å². The van der Waals surface area contributed by atoms with Crippen molar-refractivity contribution in [3.05, 3.63) is 68.7 Å². The van der Waals surface area contributed by atoms with Gasteiger partial charge in [0, 0.05) is 25.8 Å². The van der Waals surface area contributed by atoms with E-state index >= 15 is 0 Å². The molecule has 4 aromatic rings. The molecule has 12 heteroatoms. The van der Waals surface area contributed by atoms with Gasteiger partial charge < -0.3 is 15.0 Å². The number of fused-ring (bicyclic) bond motifs is 1. The highest BCUT2D eigenvalue weighted by atomic mass is 32.1. The summed E-state index contributed by atoms with van der Waals surface area (Å²) < 4.78 is 22.5. The zero-order valence-corrected chi connectivity index (χ0v) is 18.6. The third kappa shape index (κ3) is 4.56. The summed E-state index contributed by atoms with van der Waals surface area (Å²) in [6, 6.07) is 8.71. The highest BCUT2D eigenvalue weighted by Crippen LogP contribution is 2.20. The van der Waals surface area contributed by atoms with E-state index in [1.54, 1.807) is 20.1 Å². The van der Waals surface area contributed by atoms with Crippen LogP contribution in [0.2, 0.25) is 0 Å². The van der Waals surface area contributed by atoms with Gasteiger partial charge in [0.05, 0.1) is 22.3 Å². The Hall–Kier alpha value is -3.77. The number of aryl methyl sites for hydroxylation is 1. The standard InChI is InChI=1S/C21H20FN7O3S/c1-12-25-26-27-29(12)14-5-7-16(22)18(11-14)23-19(30)13-4-6-15-17(10-13)24-21(33)28(20(15)31)8-3-9-32-2/h4-7,10-11H,3,8-9H2,1-2H3,(H,23,30)(H,24,33). The van der Waals surface area contributed by atoms with E-state index in [1.807, 2.05) is 0 Å². The molecule has 2 N–H and O–H groups in total. The second-order valence-corrected chi connectivity index (χ2v) is 7.64. The number of nitrogens with zero attached hydrogens (tertiary/aromatic N) is 5. The normalized spacial score (nSPS) is 11.1. The molecular weight excluding hydrogens is 449 g/mol. The summed E-state index contributed by atoms with van der Waals surface area (Å²) in [4.78, 5) is 28.6. The molecule has 2 aromatic heterocycles. The van der Waals surface area contributed by atoms with Gasteiger partial charge >= 0.3 is 0 Å². The number of carbonyl (C=O) groups is 1. The molecule has 0 radical (unpaired) electrons. The molecule has 2 heterocycles. The number of aromatic nitrogens is 6. The summed E-state index contributed by atoms with van der Waals surface area (Å²) >= 11 is 5.31. The number of amides is 1.